The van der Waals surface area contributed by atoms with Crippen molar-refractivity contribution in [3.05, 3.63) is 30.5 Å². The van der Waals surface area contributed by atoms with E-state index in [-0.39, 0.29) is 5.91 Å². The summed E-state index contributed by atoms with van der Waals surface area (Å²) in [6, 6.07) is 8.08. The monoisotopic (exact) mass is 260 g/mol. The van der Waals surface area contributed by atoms with E-state index in [0.29, 0.717) is 6.42 Å². The van der Waals surface area contributed by atoms with Crippen molar-refractivity contribution < 1.29 is 9.53 Å². The Labute approximate surface area is 113 Å². The molecule has 1 amide bonds. The Morgan fingerprint density at radius 3 is 2.79 bits per heavy atom. The van der Waals surface area contributed by atoms with E-state index >= 15 is 0 Å². The van der Waals surface area contributed by atoms with Crippen molar-refractivity contribution in [3.8, 4) is 5.75 Å². The lowest BCUT2D eigenvalue weighted by molar-refractivity contribution is -0.128. The van der Waals surface area contributed by atoms with Gasteiger partial charge >= 0.3 is 0 Å². The molecule has 1 aromatic heterocycles. The fourth-order valence-corrected chi connectivity index (χ4v) is 2.19. The molecule has 0 aliphatic rings. The lowest BCUT2D eigenvalue weighted by Crippen LogP contribution is -2.21. The molecule has 1 aromatic carbocycles. The lowest BCUT2D eigenvalue weighted by Gasteiger charge is -2.10. The first-order valence-corrected chi connectivity index (χ1v) is 6.45. The number of nitrogens with zero attached hydrogens (tertiary/aromatic N) is 2. The van der Waals surface area contributed by atoms with Crippen molar-refractivity contribution in [2.24, 2.45) is 0 Å². The van der Waals surface area contributed by atoms with Crippen molar-refractivity contribution in [2.75, 3.05) is 21.2 Å². The van der Waals surface area contributed by atoms with Crippen molar-refractivity contribution >= 4 is 16.8 Å². The van der Waals surface area contributed by atoms with Crippen LogP contribution in [0, 0.1) is 0 Å². The normalized spacial score (nSPS) is 10.7. The molecule has 0 saturated heterocycles. The molecule has 0 saturated carbocycles. The predicted octanol–water partition coefficient (Wildman–Crippen LogP) is 2.52. The molecule has 4 heteroatoms. The van der Waals surface area contributed by atoms with Gasteiger partial charge in [0, 0.05) is 38.6 Å². The van der Waals surface area contributed by atoms with Gasteiger partial charge in [-0.1, -0.05) is 6.07 Å². The Hall–Kier alpha value is -1.97. The van der Waals surface area contributed by atoms with Crippen LogP contribution in [0.25, 0.3) is 10.9 Å². The van der Waals surface area contributed by atoms with Crippen molar-refractivity contribution in [1.82, 2.24) is 9.47 Å². The van der Waals surface area contributed by atoms with Gasteiger partial charge in [-0.25, -0.2) is 0 Å². The van der Waals surface area contributed by atoms with E-state index in [0.717, 1.165) is 29.6 Å². The molecule has 0 N–H and O–H groups in total. The van der Waals surface area contributed by atoms with Crippen LogP contribution in [0.15, 0.2) is 30.5 Å². The number of amides is 1. The molecule has 0 atom stereocenters. The maximum Gasteiger partial charge on any atom is 0.222 e. The molecular formula is C15H20N2O2. The molecule has 0 fully saturated rings. The number of methoxy groups -OCH3 is 1. The summed E-state index contributed by atoms with van der Waals surface area (Å²) in [6.45, 7) is 0.843. The number of ether oxygens (including phenoxy) is 1. The highest BCUT2D eigenvalue weighted by molar-refractivity contribution is 5.86. The van der Waals surface area contributed by atoms with Crippen LogP contribution in [0.4, 0.5) is 0 Å². The van der Waals surface area contributed by atoms with Crippen LogP contribution in [0.3, 0.4) is 0 Å². The van der Waals surface area contributed by atoms with Crippen LogP contribution in [0.5, 0.6) is 5.75 Å². The van der Waals surface area contributed by atoms with Gasteiger partial charge in [0.2, 0.25) is 5.91 Å². The summed E-state index contributed by atoms with van der Waals surface area (Å²) in [5.41, 5.74) is 1.15. The quantitative estimate of drug-likeness (QED) is 0.828. The van der Waals surface area contributed by atoms with Crippen LogP contribution in [0.2, 0.25) is 0 Å². The van der Waals surface area contributed by atoms with Crippen LogP contribution in [0.1, 0.15) is 12.8 Å². The van der Waals surface area contributed by atoms with Gasteiger partial charge in [0.05, 0.1) is 12.6 Å². The largest absolute Gasteiger partial charge is 0.496 e. The highest BCUT2D eigenvalue weighted by Crippen LogP contribution is 2.26. The molecule has 0 bridgehead atoms. The Morgan fingerprint density at radius 1 is 1.32 bits per heavy atom. The Balaban J connectivity index is 2.08. The van der Waals surface area contributed by atoms with E-state index in [1.54, 1.807) is 26.1 Å². The number of rotatable bonds is 5. The third-order valence-electron chi connectivity index (χ3n) is 3.28. The summed E-state index contributed by atoms with van der Waals surface area (Å²) in [4.78, 5) is 13.2. The molecule has 0 spiro atoms. The highest BCUT2D eigenvalue weighted by Gasteiger charge is 2.07. The summed E-state index contributed by atoms with van der Waals surface area (Å²) in [5, 5.41) is 1.11. The first kappa shape index (κ1) is 13.5. The van der Waals surface area contributed by atoms with Crippen LogP contribution >= 0.6 is 0 Å². The smallest absolute Gasteiger partial charge is 0.222 e. The average Bonchev–Trinajstić information content (AvgIpc) is 2.81. The van der Waals surface area contributed by atoms with Gasteiger partial charge in [-0.3, -0.25) is 4.79 Å². The summed E-state index contributed by atoms with van der Waals surface area (Å²) < 4.78 is 7.51. The van der Waals surface area contributed by atoms with E-state index < -0.39 is 0 Å². The molecule has 4 nitrogen and oxygen atoms in total. The SMILES string of the molecule is COc1cccc2c1ccn2CCCC(=O)N(C)C. The predicted molar refractivity (Wildman–Crippen MR) is 76.4 cm³/mol. The number of hydrogen-bond acceptors (Lipinski definition) is 2. The zero-order valence-corrected chi connectivity index (χ0v) is 11.7. The molecular weight excluding hydrogens is 240 g/mol. The fourth-order valence-electron chi connectivity index (χ4n) is 2.19. The molecule has 0 aliphatic heterocycles. The first-order chi connectivity index (χ1) is 9.13. The van der Waals surface area contributed by atoms with Gasteiger partial charge in [-0.2, -0.15) is 0 Å². The van der Waals surface area contributed by atoms with Crippen molar-refractivity contribution in [3.63, 3.8) is 0 Å². The first-order valence-electron chi connectivity index (χ1n) is 6.45. The number of aryl methyl sites for hydroxylation is 1. The Morgan fingerprint density at radius 2 is 2.11 bits per heavy atom. The Bertz CT molecular complexity index is 573. The van der Waals surface area contributed by atoms with Crippen LogP contribution < -0.4 is 4.74 Å². The minimum Gasteiger partial charge on any atom is -0.496 e. The number of carbonyl (C=O) groups is 1. The highest BCUT2D eigenvalue weighted by atomic mass is 16.5. The Kier molecular flexibility index (Phi) is 4.10. The molecule has 0 radical (unpaired) electrons. The second kappa shape index (κ2) is 5.78. The van der Waals surface area contributed by atoms with E-state index in [2.05, 4.69) is 16.7 Å². The van der Waals surface area contributed by atoms with Gasteiger partial charge in [0.15, 0.2) is 0 Å². The number of aromatic nitrogens is 1. The van der Waals surface area contributed by atoms with Gasteiger partial charge in [0.1, 0.15) is 5.75 Å². The van der Waals surface area contributed by atoms with E-state index in [4.69, 9.17) is 4.74 Å². The zero-order chi connectivity index (χ0) is 13.8. The standard InChI is InChI=1S/C15H20N2O2/c1-16(2)15(18)8-5-10-17-11-9-12-13(17)6-4-7-14(12)19-3/h4,6-7,9,11H,5,8,10H2,1-3H3. The summed E-state index contributed by atoms with van der Waals surface area (Å²) in [5.74, 6) is 1.06. The molecule has 102 valence electrons. The maximum atomic E-state index is 11.5. The van der Waals surface area contributed by atoms with Crippen molar-refractivity contribution in [2.45, 2.75) is 19.4 Å². The second-order valence-electron chi connectivity index (χ2n) is 4.79. The van der Waals surface area contributed by atoms with Gasteiger partial charge in [-0.05, 0) is 24.6 Å². The minimum absolute atomic E-state index is 0.175. The molecule has 0 unspecified atom stereocenters. The van der Waals surface area contributed by atoms with Crippen LogP contribution in [-0.4, -0.2) is 36.6 Å². The van der Waals surface area contributed by atoms with Gasteiger partial charge in [-0.15, -0.1) is 0 Å². The van der Waals surface area contributed by atoms with E-state index in [9.17, 15) is 4.79 Å². The number of carbonyl (C=O) groups excluding carboxylic acids is 1. The number of fused-ring (bicyclic) bond motifs is 1. The van der Waals surface area contributed by atoms with E-state index in [1.165, 1.54) is 0 Å². The lowest BCUT2D eigenvalue weighted by atomic mass is 10.2. The van der Waals surface area contributed by atoms with Crippen molar-refractivity contribution in [1.29, 1.82) is 0 Å². The second-order valence-corrected chi connectivity index (χ2v) is 4.79. The maximum absolute atomic E-state index is 11.5. The molecule has 0 aliphatic carbocycles. The summed E-state index contributed by atoms with van der Waals surface area (Å²) in [6.07, 6.45) is 3.47. The topological polar surface area (TPSA) is 34.5 Å². The molecule has 1 heterocycles. The summed E-state index contributed by atoms with van der Waals surface area (Å²) in [7, 11) is 5.26. The average molecular weight is 260 g/mol. The molecule has 2 rings (SSSR count). The zero-order valence-electron chi connectivity index (χ0n) is 11.7. The molecule has 2 aromatic rings. The number of hydrogen-bond donors (Lipinski definition) is 0. The van der Waals surface area contributed by atoms with Gasteiger partial charge < -0.3 is 14.2 Å². The van der Waals surface area contributed by atoms with Gasteiger partial charge in [0.25, 0.3) is 0 Å². The number of benzene rings is 1. The third-order valence-corrected chi connectivity index (χ3v) is 3.28. The van der Waals surface area contributed by atoms with E-state index in [1.807, 2.05) is 18.3 Å². The fraction of sp³-hybridized carbons (Fsp3) is 0.400. The van der Waals surface area contributed by atoms with Crippen LogP contribution in [-0.2, 0) is 11.3 Å². The third kappa shape index (κ3) is 2.89. The summed E-state index contributed by atoms with van der Waals surface area (Å²) >= 11 is 0. The minimum atomic E-state index is 0.175. The molecule has 19 heavy (non-hydrogen) atoms.